The molecule has 1 aliphatic carbocycles. The fourth-order valence-corrected chi connectivity index (χ4v) is 2.76. The van der Waals surface area contributed by atoms with Crippen LogP contribution in [0.25, 0.3) is 0 Å². The van der Waals surface area contributed by atoms with Crippen molar-refractivity contribution >= 4 is 21.4 Å². The lowest BCUT2D eigenvalue weighted by Crippen LogP contribution is -2.31. The highest BCUT2D eigenvalue weighted by molar-refractivity contribution is 7.92. The first-order chi connectivity index (χ1) is 8.88. The lowest BCUT2D eigenvalue weighted by atomic mass is 10.3. The van der Waals surface area contributed by atoms with Crippen molar-refractivity contribution in [3.05, 3.63) is 24.0 Å². The van der Waals surface area contributed by atoms with Crippen molar-refractivity contribution in [2.75, 3.05) is 18.0 Å². The van der Waals surface area contributed by atoms with Gasteiger partial charge in [-0.25, -0.2) is 12.8 Å². The number of hydrogen-bond acceptors (Lipinski definition) is 4. The van der Waals surface area contributed by atoms with E-state index in [0.29, 0.717) is 12.5 Å². The molecule has 1 saturated carbocycles. The number of carbonyl (C=O) groups is 1. The lowest BCUT2D eigenvalue weighted by Gasteiger charge is -2.06. The summed E-state index contributed by atoms with van der Waals surface area (Å²) in [5, 5.41) is 2.56. The molecular weight excluding hydrogens is 271 g/mol. The van der Waals surface area contributed by atoms with Gasteiger partial charge in [-0.1, -0.05) is 0 Å². The second-order valence-electron chi connectivity index (χ2n) is 4.69. The molecule has 1 aliphatic rings. The molecule has 7 heteroatoms. The van der Waals surface area contributed by atoms with Gasteiger partial charge in [0.25, 0.3) is 0 Å². The van der Waals surface area contributed by atoms with Crippen LogP contribution in [0, 0.1) is 11.7 Å². The van der Waals surface area contributed by atoms with E-state index in [-0.39, 0.29) is 10.6 Å². The van der Waals surface area contributed by atoms with E-state index in [1.807, 2.05) is 0 Å². The molecule has 19 heavy (non-hydrogen) atoms. The number of hydrogen-bond donors (Lipinski definition) is 2. The van der Waals surface area contributed by atoms with E-state index in [1.54, 1.807) is 0 Å². The van der Waals surface area contributed by atoms with E-state index in [4.69, 9.17) is 5.73 Å². The van der Waals surface area contributed by atoms with Gasteiger partial charge in [0.15, 0.2) is 9.84 Å². The minimum Gasteiger partial charge on any atom is -0.396 e. The molecular formula is C12H15FN2O3S. The molecule has 0 spiro atoms. The number of nitrogen functional groups attached to an aromatic ring is 1. The number of sulfone groups is 1. The van der Waals surface area contributed by atoms with Crippen LogP contribution in [0.2, 0.25) is 0 Å². The maximum absolute atomic E-state index is 13.2. The standard InChI is InChI=1S/C12H15FN2O3S/c13-10-5-9(3-4-11(10)14)19(17,18)7-12(16)15-6-8-1-2-8/h3-5,8H,1-2,6-7,14H2,(H,15,16). The van der Waals surface area contributed by atoms with E-state index >= 15 is 0 Å². The maximum atomic E-state index is 13.2. The molecule has 1 amide bonds. The zero-order chi connectivity index (χ0) is 14.0. The van der Waals surface area contributed by atoms with E-state index < -0.39 is 27.3 Å². The van der Waals surface area contributed by atoms with Gasteiger partial charge in [0, 0.05) is 6.54 Å². The van der Waals surface area contributed by atoms with Crippen molar-refractivity contribution in [3.8, 4) is 0 Å². The van der Waals surface area contributed by atoms with Crippen LogP contribution < -0.4 is 11.1 Å². The Morgan fingerprint density at radius 1 is 1.42 bits per heavy atom. The third-order valence-electron chi connectivity index (χ3n) is 2.94. The largest absolute Gasteiger partial charge is 0.396 e. The number of halogens is 1. The smallest absolute Gasteiger partial charge is 0.235 e. The predicted octanol–water partition coefficient (Wildman–Crippen LogP) is 0.708. The molecule has 1 aromatic carbocycles. The summed E-state index contributed by atoms with van der Waals surface area (Å²) in [6, 6.07) is 3.20. The van der Waals surface area contributed by atoms with Crippen LogP contribution in [0.4, 0.5) is 10.1 Å². The zero-order valence-electron chi connectivity index (χ0n) is 10.2. The molecule has 1 aromatic rings. The maximum Gasteiger partial charge on any atom is 0.235 e. The molecule has 0 bridgehead atoms. The van der Waals surface area contributed by atoms with Crippen LogP contribution in [-0.4, -0.2) is 26.6 Å². The fraction of sp³-hybridized carbons (Fsp3) is 0.417. The molecule has 104 valence electrons. The molecule has 0 heterocycles. The Kier molecular flexibility index (Phi) is 3.75. The highest BCUT2D eigenvalue weighted by Crippen LogP contribution is 2.27. The van der Waals surface area contributed by atoms with Gasteiger partial charge in [0.2, 0.25) is 5.91 Å². The van der Waals surface area contributed by atoms with Gasteiger partial charge in [-0.3, -0.25) is 4.79 Å². The second-order valence-corrected chi connectivity index (χ2v) is 6.68. The summed E-state index contributed by atoms with van der Waals surface area (Å²) in [6.45, 7) is 0.504. The fourth-order valence-electron chi connectivity index (χ4n) is 1.59. The summed E-state index contributed by atoms with van der Waals surface area (Å²) in [4.78, 5) is 11.3. The normalized spacial score (nSPS) is 15.2. The topological polar surface area (TPSA) is 89.3 Å². The van der Waals surface area contributed by atoms with Gasteiger partial charge < -0.3 is 11.1 Å². The molecule has 0 saturated heterocycles. The van der Waals surface area contributed by atoms with Crippen LogP contribution in [-0.2, 0) is 14.6 Å². The van der Waals surface area contributed by atoms with Gasteiger partial charge in [-0.15, -0.1) is 0 Å². The van der Waals surface area contributed by atoms with Gasteiger partial charge in [0.1, 0.15) is 11.6 Å². The van der Waals surface area contributed by atoms with Crippen molar-refractivity contribution in [2.45, 2.75) is 17.7 Å². The number of nitrogens with one attached hydrogen (secondary N) is 1. The Balaban J connectivity index is 2.03. The molecule has 0 aliphatic heterocycles. The third kappa shape index (κ3) is 3.66. The van der Waals surface area contributed by atoms with Crippen LogP contribution in [0.15, 0.2) is 23.1 Å². The first kappa shape index (κ1) is 13.8. The minimum atomic E-state index is -3.83. The summed E-state index contributed by atoms with van der Waals surface area (Å²) >= 11 is 0. The number of benzene rings is 1. The monoisotopic (exact) mass is 286 g/mol. The summed E-state index contributed by atoms with van der Waals surface area (Å²) < 4.78 is 37.0. The molecule has 0 atom stereocenters. The van der Waals surface area contributed by atoms with E-state index in [9.17, 15) is 17.6 Å². The van der Waals surface area contributed by atoms with Crippen LogP contribution >= 0.6 is 0 Å². The first-order valence-electron chi connectivity index (χ1n) is 5.93. The van der Waals surface area contributed by atoms with Crippen molar-refractivity contribution in [3.63, 3.8) is 0 Å². The lowest BCUT2D eigenvalue weighted by molar-refractivity contribution is -0.118. The van der Waals surface area contributed by atoms with Crippen LogP contribution in [0.3, 0.4) is 0 Å². The predicted molar refractivity (Wildman–Crippen MR) is 68.6 cm³/mol. The van der Waals surface area contributed by atoms with Gasteiger partial charge >= 0.3 is 0 Å². The number of nitrogens with two attached hydrogens (primary N) is 1. The minimum absolute atomic E-state index is 0.128. The van der Waals surface area contributed by atoms with Crippen molar-refractivity contribution in [1.82, 2.24) is 5.32 Å². The number of carbonyl (C=O) groups excluding carboxylic acids is 1. The Bertz CT molecular complexity index is 597. The zero-order valence-corrected chi connectivity index (χ0v) is 11.0. The molecule has 5 nitrogen and oxygen atoms in total. The Labute approximate surface area is 110 Å². The molecule has 1 fully saturated rings. The Morgan fingerprint density at radius 2 is 2.11 bits per heavy atom. The summed E-state index contributed by atoms with van der Waals surface area (Å²) in [5.41, 5.74) is 5.14. The quantitative estimate of drug-likeness (QED) is 0.780. The Morgan fingerprint density at radius 3 is 2.68 bits per heavy atom. The molecule has 2 rings (SSSR count). The highest BCUT2D eigenvalue weighted by Gasteiger charge is 2.24. The summed E-state index contributed by atoms with van der Waals surface area (Å²) in [7, 11) is -3.83. The third-order valence-corrected chi connectivity index (χ3v) is 4.55. The number of rotatable bonds is 5. The first-order valence-corrected chi connectivity index (χ1v) is 7.58. The van der Waals surface area contributed by atoms with E-state index in [1.165, 1.54) is 12.1 Å². The molecule has 0 aromatic heterocycles. The molecule has 0 radical (unpaired) electrons. The van der Waals surface area contributed by atoms with Crippen molar-refractivity contribution in [1.29, 1.82) is 0 Å². The number of amides is 1. The highest BCUT2D eigenvalue weighted by atomic mass is 32.2. The molecule has 0 unspecified atom stereocenters. The van der Waals surface area contributed by atoms with E-state index in [0.717, 1.165) is 18.9 Å². The average Bonchev–Trinajstić information content (AvgIpc) is 3.13. The van der Waals surface area contributed by atoms with E-state index in [2.05, 4.69) is 5.32 Å². The average molecular weight is 286 g/mol. The second kappa shape index (κ2) is 5.16. The van der Waals surface area contributed by atoms with Gasteiger partial charge in [-0.2, -0.15) is 0 Å². The number of anilines is 1. The van der Waals surface area contributed by atoms with Crippen LogP contribution in [0.5, 0.6) is 0 Å². The summed E-state index contributed by atoms with van der Waals surface area (Å²) in [5.74, 6) is -1.58. The Hall–Kier alpha value is -1.63. The van der Waals surface area contributed by atoms with Crippen molar-refractivity contribution < 1.29 is 17.6 Å². The van der Waals surface area contributed by atoms with Crippen molar-refractivity contribution in [2.24, 2.45) is 5.92 Å². The SMILES string of the molecule is Nc1ccc(S(=O)(=O)CC(=O)NCC2CC2)cc1F. The van der Waals surface area contributed by atoms with Gasteiger partial charge in [0.05, 0.1) is 10.6 Å². The van der Waals surface area contributed by atoms with Gasteiger partial charge in [-0.05, 0) is 37.0 Å². The summed E-state index contributed by atoms with van der Waals surface area (Å²) in [6.07, 6.45) is 2.13. The molecule has 3 N–H and O–H groups in total. The van der Waals surface area contributed by atoms with Crippen LogP contribution in [0.1, 0.15) is 12.8 Å².